The van der Waals surface area contributed by atoms with E-state index in [0.29, 0.717) is 29.3 Å². The van der Waals surface area contributed by atoms with E-state index in [1.165, 1.54) is 4.90 Å². The van der Waals surface area contributed by atoms with Crippen molar-refractivity contribution in [2.45, 2.75) is 13.8 Å². The van der Waals surface area contributed by atoms with Gasteiger partial charge in [0.25, 0.3) is 11.8 Å². The Morgan fingerprint density at radius 3 is 2.04 bits per heavy atom. The van der Waals surface area contributed by atoms with Gasteiger partial charge in [0.2, 0.25) is 0 Å². The molecule has 0 heterocycles. The highest BCUT2D eigenvalue weighted by Crippen LogP contribution is 2.16. The van der Waals surface area contributed by atoms with Crippen LogP contribution in [0.15, 0.2) is 48.5 Å². The van der Waals surface area contributed by atoms with E-state index in [-0.39, 0.29) is 11.8 Å². The second-order valence-corrected chi connectivity index (χ2v) is 6.46. The summed E-state index contributed by atoms with van der Waals surface area (Å²) in [6.07, 6.45) is 0. The van der Waals surface area contributed by atoms with Crippen LogP contribution < -0.4 is 10.1 Å². The Morgan fingerprint density at radius 1 is 0.960 bits per heavy atom. The van der Waals surface area contributed by atoms with Crippen molar-refractivity contribution in [1.29, 1.82) is 0 Å². The zero-order valence-corrected chi connectivity index (χ0v) is 15.1. The van der Waals surface area contributed by atoms with E-state index in [1.54, 1.807) is 62.6 Å². The summed E-state index contributed by atoms with van der Waals surface area (Å²) in [4.78, 5) is 25.7. The van der Waals surface area contributed by atoms with Crippen molar-refractivity contribution < 1.29 is 14.3 Å². The Balaban J connectivity index is 1.98. The van der Waals surface area contributed by atoms with Crippen LogP contribution in [0.1, 0.15) is 34.6 Å². The first kappa shape index (κ1) is 18.5. The van der Waals surface area contributed by atoms with E-state index in [4.69, 9.17) is 4.74 Å². The number of hydrogen-bond acceptors (Lipinski definition) is 3. The number of anilines is 1. The molecule has 132 valence electrons. The van der Waals surface area contributed by atoms with Gasteiger partial charge in [-0.2, -0.15) is 0 Å². The molecule has 0 aromatic heterocycles. The largest absolute Gasteiger partial charge is 0.493 e. The normalized spacial score (nSPS) is 10.4. The molecule has 0 fully saturated rings. The Bertz CT molecular complexity index is 720. The summed E-state index contributed by atoms with van der Waals surface area (Å²) in [7, 11) is 3.40. The summed E-state index contributed by atoms with van der Waals surface area (Å²) in [5.74, 6) is 0.916. The van der Waals surface area contributed by atoms with E-state index in [0.717, 1.165) is 5.75 Å². The monoisotopic (exact) mass is 340 g/mol. The molecule has 0 atom stereocenters. The highest BCUT2D eigenvalue weighted by molar-refractivity contribution is 6.04. The SMILES string of the molecule is CC(C)COc1ccc(C(=O)Nc2ccc(C(=O)N(C)C)cc2)cc1. The van der Waals surface area contributed by atoms with Gasteiger partial charge in [-0.25, -0.2) is 0 Å². The molecule has 0 saturated carbocycles. The van der Waals surface area contributed by atoms with Crippen molar-refractivity contribution in [2.24, 2.45) is 5.92 Å². The molecule has 0 radical (unpaired) electrons. The van der Waals surface area contributed by atoms with Crippen LogP contribution in [0, 0.1) is 5.92 Å². The van der Waals surface area contributed by atoms with E-state index in [1.807, 2.05) is 0 Å². The molecule has 5 nitrogen and oxygen atoms in total. The molecule has 25 heavy (non-hydrogen) atoms. The molecular weight excluding hydrogens is 316 g/mol. The highest BCUT2D eigenvalue weighted by atomic mass is 16.5. The summed E-state index contributed by atoms with van der Waals surface area (Å²) in [5.41, 5.74) is 1.76. The zero-order chi connectivity index (χ0) is 18.4. The van der Waals surface area contributed by atoms with Gasteiger partial charge in [-0.1, -0.05) is 13.8 Å². The van der Waals surface area contributed by atoms with E-state index in [2.05, 4.69) is 19.2 Å². The molecule has 5 heteroatoms. The second-order valence-electron chi connectivity index (χ2n) is 6.46. The van der Waals surface area contributed by atoms with Gasteiger partial charge < -0.3 is 15.0 Å². The molecule has 0 unspecified atom stereocenters. The van der Waals surface area contributed by atoms with Crippen LogP contribution >= 0.6 is 0 Å². The van der Waals surface area contributed by atoms with Gasteiger partial charge in [-0.3, -0.25) is 9.59 Å². The lowest BCUT2D eigenvalue weighted by Crippen LogP contribution is -2.21. The van der Waals surface area contributed by atoms with Crippen LogP contribution in [0.25, 0.3) is 0 Å². The Labute approximate surface area is 148 Å². The van der Waals surface area contributed by atoms with Crippen LogP contribution in [-0.4, -0.2) is 37.4 Å². The smallest absolute Gasteiger partial charge is 0.255 e. The van der Waals surface area contributed by atoms with Crippen LogP contribution in [0.4, 0.5) is 5.69 Å². The molecule has 2 aromatic carbocycles. The van der Waals surface area contributed by atoms with Gasteiger partial charge in [0.05, 0.1) is 6.61 Å². The van der Waals surface area contributed by atoms with E-state index in [9.17, 15) is 9.59 Å². The fraction of sp³-hybridized carbons (Fsp3) is 0.300. The highest BCUT2D eigenvalue weighted by Gasteiger charge is 2.09. The zero-order valence-electron chi connectivity index (χ0n) is 15.1. The number of hydrogen-bond donors (Lipinski definition) is 1. The molecule has 2 amide bonds. The number of amides is 2. The maximum Gasteiger partial charge on any atom is 0.255 e. The first-order valence-corrected chi connectivity index (χ1v) is 8.22. The van der Waals surface area contributed by atoms with Crippen molar-refractivity contribution in [3.8, 4) is 5.75 Å². The van der Waals surface area contributed by atoms with Crippen LogP contribution in [0.5, 0.6) is 5.75 Å². The maximum atomic E-state index is 12.3. The summed E-state index contributed by atoms with van der Waals surface area (Å²) < 4.78 is 5.61. The van der Waals surface area contributed by atoms with Gasteiger partial charge in [0.15, 0.2) is 0 Å². The summed E-state index contributed by atoms with van der Waals surface area (Å²) >= 11 is 0. The maximum absolute atomic E-state index is 12.3. The number of benzene rings is 2. The topological polar surface area (TPSA) is 58.6 Å². The third-order valence-electron chi connectivity index (χ3n) is 3.50. The summed E-state index contributed by atoms with van der Waals surface area (Å²) in [6.45, 7) is 4.81. The van der Waals surface area contributed by atoms with Crippen LogP contribution in [-0.2, 0) is 0 Å². The predicted octanol–water partition coefficient (Wildman–Crippen LogP) is 3.68. The summed E-state index contributed by atoms with van der Waals surface area (Å²) in [6, 6.07) is 13.9. The van der Waals surface area contributed by atoms with Gasteiger partial charge in [0, 0.05) is 30.9 Å². The minimum Gasteiger partial charge on any atom is -0.493 e. The number of carbonyl (C=O) groups excluding carboxylic acids is 2. The lowest BCUT2D eigenvalue weighted by Gasteiger charge is -2.11. The molecule has 0 spiro atoms. The minimum absolute atomic E-state index is 0.0742. The van der Waals surface area contributed by atoms with Gasteiger partial charge >= 0.3 is 0 Å². The van der Waals surface area contributed by atoms with Crippen molar-refractivity contribution in [1.82, 2.24) is 4.90 Å². The van der Waals surface area contributed by atoms with Crippen LogP contribution in [0.3, 0.4) is 0 Å². The number of carbonyl (C=O) groups is 2. The fourth-order valence-electron chi connectivity index (χ4n) is 2.12. The lowest BCUT2D eigenvalue weighted by atomic mass is 10.1. The molecule has 1 N–H and O–H groups in total. The first-order chi connectivity index (χ1) is 11.9. The van der Waals surface area contributed by atoms with Gasteiger partial charge in [0.1, 0.15) is 5.75 Å². The van der Waals surface area contributed by atoms with E-state index >= 15 is 0 Å². The van der Waals surface area contributed by atoms with Crippen LogP contribution in [0.2, 0.25) is 0 Å². The van der Waals surface area contributed by atoms with Crippen molar-refractivity contribution in [3.05, 3.63) is 59.7 Å². The van der Waals surface area contributed by atoms with Crippen molar-refractivity contribution >= 4 is 17.5 Å². The number of rotatable bonds is 6. The lowest BCUT2D eigenvalue weighted by molar-refractivity contribution is 0.0827. The first-order valence-electron chi connectivity index (χ1n) is 8.22. The fourth-order valence-corrected chi connectivity index (χ4v) is 2.12. The molecule has 0 aliphatic heterocycles. The molecule has 0 bridgehead atoms. The quantitative estimate of drug-likeness (QED) is 0.873. The third kappa shape index (κ3) is 5.35. The standard InChI is InChI=1S/C20H24N2O3/c1-14(2)13-25-18-11-7-15(8-12-18)19(23)21-17-9-5-16(6-10-17)20(24)22(3)4/h5-12,14H,13H2,1-4H3,(H,21,23). The Kier molecular flexibility index (Phi) is 6.17. The average molecular weight is 340 g/mol. The average Bonchev–Trinajstić information content (AvgIpc) is 2.60. The molecule has 0 aliphatic rings. The summed E-state index contributed by atoms with van der Waals surface area (Å²) in [5, 5.41) is 2.82. The molecule has 0 saturated heterocycles. The van der Waals surface area contributed by atoms with Crippen molar-refractivity contribution in [3.63, 3.8) is 0 Å². The Morgan fingerprint density at radius 2 is 1.52 bits per heavy atom. The van der Waals surface area contributed by atoms with Gasteiger partial charge in [-0.15, -0.1) is 0 Å². The third-order valence-corrected chi connectivity index (χ3v) is 3.50. The molecule has 2 rings (SSSR count). The molecular formula is C20H24N2O3. The van der Waals surface area contributed by atoms with Crippen molar-refractivity contribution in [2.75, 3.05) is 26.0 Å². The van der Waals surface area contributed by atoms with E-state index < -0.39 is 0 Å². The number of nitrogens with zero attached hydrogens (tertiary/aromatic N) is 1. The van der Waals surface area contributed by atoms with Gasteiger partial charge in [-0.05, 0) is 54.4 Å². The number of nitrogens with one attached hydrogen (secondary N) is 1. The Hall–Kier alpha value is -2.82. The minimum atomic E-state index is -0.206. The molecule has 0 aliphatic carbocycles. The molecule has 2 aromatic rings. The number of ether oxygens (including phenoxy) is 1. The predicted molar refractivity (Wildman–Crippen MR) is 99.2 cm³/mol. The second kappa shape index (κ2) is 8.33.